The molecule has 2 rings (SSSR count). The summed E-state index contributed by atoms with van der Waals surface area (Å²) in [5.41, 5.74) is 3.00. The first-order valence-electron chi connectivity index (χ1n) is 10.3. The first-order chi connectivity index (χ1) is 12.3. The van der Waals surface area contributed by atoms with Crippen molar-refractivity contribution in [2.45, 2.75) is 93.8 Å². The van der Waals surface area contributed by atoms with Crippen molar-refractivity contribution in [1.29, 1.82) is 0 Å². The summed E-state index contributed by atoms with van der Waals surface area (Å²) in [7, 11) is 0. The van der Waals surface area contributed by atoms with Crippen LogP contribution in [-0.4, -0.2) is 12.9 Å². The van der Waals surface area contributed by atoms with E-state index >= 15 is 0 Å². The Morgan fingerprint density at radius 2 is 1.48 bits per heavy atom. The summed E-state index contributed by atoms with van der Waals surface area (Å²) in [5.74, 6) is 0.784. The number of benzene rings is 1. The van der Waals surface area contributed by atoms with E-state index in [2.05, 4.69) is 103 Å². The fourth-order valence-electron chi connectivity index (χ4n) is 3.39. The summed E-state index contributed by atoms with van der Waals surface area (Å²) in [4.78, 5) is 0. The molecule has 0 spiro atoms. The summed E-state index contributed by atoms with van der Waals surface area (Å²) >= 11 is 3.52. The Hall–Kier alpha value is -0.510. The van der Waals surface area contributed by atoms with E-state index in [4.69, 9.17) is 4.74 Å². The molecule has 1 fully saturated rings. The summed E-state index contributed by atoms with van der Waals surface area (Å²) in [6.45, 7) is 22.6. The van der Waals surface area contributed by atoms with Gasteiger partial charge in [-0.25, -0.2) is 0 Å². The fourth-order valence-corrected chi connectivity index (χ4v) is 3.45. The van der Waals surface area contributed by atoms with Gasteiger partial charge in [-0.2, -0.15) is 0 Å². The van der Waals surface area contributed by atoms with Crippen LogP contribution in [0.3, 0.4) is 0 Å². The molecule has 2 unspecified atom stereocenters. The molecule has 1 aliphatic carbocycles. The molecule has 0 radical (unpaired) electrons. The third-order valence-electron chi connectivity index (χ3n) is 4.55. The lowest BCUT2D eigenvalue weighted by molar-refractivity contribution is -0.0478. The number of hydrogen-bond acceptors (Lipinski definition) is 3. The van der Waals surface area contributed by atoms with Crippen LogP contribution in [0.25, 0.3) is 0 Å². The van der Waals surface area contributed by atoms with Crippen molar-refractivity contribution < 1.29 is 8.92 Å². The van der Waals surface area contributed by atoms with Gasteiger partial charge in [0.15, 0.2) is 6.29 Å². The van der Waals surface area contributed by atoms with Gasteiger partial charge in [0.05, 0.1) is 0 Å². The molecule has 0 amide bonds. The smallest absolute Gasteiger partial charge is 0.167 e. The molecule has 0 saturated heterocycles. The van der Waals surface area contributed by atoms with Crippen LogP contribution in [0.5, 0.6) is 0 Å². The molecule has 0 aromatic heterocycles. The van der Waals surface area contributed by atoms with Crippen LogP contribution in [0.1, 0.15) is 87.6 Å². The molecule has 3 heteroatoms. The first kappa shape index (κ1) is 26.5. The Kier molecular flexibility index (Phi) is 11.3. The van der Waals surface area contributed by atoms with Crippen molar-refractivity contribution in [2.75, 3.05) is 6.61 Å². The van der Waals surface area contributed by atoms with Crippen LogP contribution >= 0.6 is 12.9 Å². The van der Waals surface area contributed by atoms with Crippen LogP contribution in [0, 0.1) is 16.7 Å². The van der Waals surface area contributed by atoms with Gasteiger partial charge in [0.1, 0.15) is 0 Å². The number of rotatable bonds is 6. The van der Waals surface area contributed by atoms with Crippen molar-refractivity contribution in [1.82, 2.24) is 0 Å². The standard InChI is InChI=1S/C15H22.C5H12.C4H10O2S/c1-12(2)10-15(11-14(15,3)4)13-8-6-5-7-9-13;1-5(2,3)4;1-3-5-4(2)6-7/h5-9,12H,10-11H2,1-4H3;1-4H3;4,7H,3H2,1-2H3. The molecular formula is C24H44O2S. The van der Waals surface area contributed by atoms with E-state index in [1.165, 1.54) is 12.8 Å². The molecule has 0 aliphatic heterocycles. The molecule has 0 heterocycles. The number of ether oxygens (including phenoxy) is 1. The largest absolute Gasteiger partial charge is 0.352 e. The highest BCUT2D eigenvalue weighted by Crippen LogP contribution is 2.67. The average Bonchev–Trinajstić information content (AvgIpc) is 3.08. The molecular weight excluding hydrogens is 352 g/mol. The maximum atomic E-state index is 4.89. The monoisotopic (exact) mass is 396 g/mol. The molecule has 0 N–H and O–H groups in total. The Bertz CT molecular complexity index is 499. The lowest BCUT2D eigenvalue weighted by atomic mass is 9.81. The molecule has 27 heavy (non-hydrogen) atoms. The van der Waals surface area contributed by atoms with Gasteiger partial charge >= 0.3 is 0 Å². The molecule has 2 nitrogen and oxygen atoms in total. The maximum absolute atomic E-state index is 4.89. The minimum atomic E-state index is -0.187. The lowest BCUT2D eigenvalue weighted by Gasteiger charge is -2.23. The van der Waals surface area contributed by atoms with E-state index in [9.17, 15) is 0 Å². The highest BCUT2D eigenvalue weighted by Gasteiger charge is 2.61. The van der Waals surface area contributed by atoms with Crippen LogP contribution in [0.2, 0.25) is 0 Å². The molecule has 2 atom stereocenters. The molecule has 1 saturated carbocycles. The fraction of sp³-hybridized carbons (Fsp3) is 0.750. The zero-order valence-electron chi connectivity index (χ0n) is 19.4. The normalized spacial score (nSPS) is 21.5. The second kappa shape index (κ2) is 11.5. The van der Waals surface area contributed by atoms with E-state index in [1.54, 1.807) is 12.5 Å². The predicted molar refractivity (Wildman–Crippen MR) is 122 cm³/mol. The Balaban J connectivity index is 0.000000472. The maximum Gasteiger partial charge on any atom is 0.167 e. The second-order valence-electron chi connectivity index (χ2n) is 10.2. The van der Waals surface area contributed by atoms with Gasteiger partial charge < -0.3 is 4.74 Å². The third kappa shape index (κ3) is 10.6. The van der Waals surface area contributed by atoms with Crippen molar-refractivity contribution in [3.05, 3.63) is 35.9 Å². The Morgan fingerprint density at radius 1 is 1.04 bits per heavy atom. The SMILES string of the molecule is CC(C)(C)C.CC(C)CC1(c2ccccc2)CC1(C)C.CCOC(C)OS. The molecule has 0 bridgehead atoms. The lowest BCUT2D eigenvalue weighted by Crippen LogP contribution is -2.17. The van der Waals surface area contributed by atoms with Gasteiger partial charge in [-0.05, 0) is 61.9 Å². The highest BCUT2D eigenvalue weighted by molar-refractivity contribution is 7.75. The Labute approximate surface area is 175 Å². The van der Waals surface area contributed by atoms with E-state index in [0.29, 0.717) is 22.9 Å². The first-order valence-corrected chi connectivity index (χ1v) is 10.6. The van der Waals surface area contributed by atoms with Crippen LogP contribution in [-0.2, 0) is 14.3 Å². The van der Waals surface area contributed by atoms with Crippen molar-refractivity contribution in [2.24, 2.45) is 16.7 Å². The Morgan fingerprint density at radius 3 is 1.74 bits per heavy atom. The highest BCUT2D eigenvalue weighted by atomic mass is 32.1. The zero-order chi connectivity index (χ0) is 21.3. The molecule has 158 valence electrons. The third-order valence-corrected chi connectivity index (χ3v) is 4.84. The van der Waals surface area contributed by atoms with E-state index < -0.39 is 0 Å². The van der Waals surface area contributed by atoms with Gasteiger partial charge in [-0.3, -0.25) is 4.18 Å². The summed E-state index contributed by atoms with van der Waals surface area (Å²) in [5, 5.41) is 0. The van der Waals surface area contributed by atoms with Crippen LogP contribution in [0.4, 0.5) is 0 Å². The second-order valence-corrected chi connectivity index (χ2v) is 10.4. The quantitative estimate of drug-likeness (QED) is 0.302. The molecule has 1 aliphatic rings. The predicted octanol–water partition coefficient (Wildman–Crippen LogP) is 7.68. The van der Waals surface area contributed by atoms with E-state index in [0.717, 1.165) is 5.92 Å². The van der Waals surface area contributed by atoms with Gasteiger partial charge in [-0.15, -0.1) is 0 Å². The van der Waals surface area contributed by atoms with Gasteiger partial charge in [0, 0.05) is 12.0 Å². The van der Waals surface area contributed by atoms with Crippen LogP contribution in [0.15, 0.2) is 30.3 Å². The minimum absolute atomic E-state index is 0.187. The van der Waals surface area contributed by atoms with Gasteiger partial charge in [0.25, 0.3) is 0 Å². The number of hydrogen-bond donors (Lipinski definition) is 1. The van der Waals surface area contributed by atoms with Gasteiger partial charge in [0.2, 0.25) is 0 Å². The van der Waals surface area contributed by atoms with Crippen molar-refractivity contribution in [3.63, 3.8) is 0 Å². The van der Waals surface area contributed by atoms with Gasteiger partial charge in [-0.1, -0.05) is 85.7 Å². The molecule has 1 aromatic carbocycles. The summed E-state index contributed by atoms with van der Waals surface area (Å²) in [6, 6.07) is 11.1. The van der Waals surface area contributed by atoms with E-state index in [-0.39, 0.29) is 6.29 Å². The minimum Gasteiger partial charge on any atom is -0.352 e. The zero-order valence-corrected chi connectivity index (χ0v) is 20.3. The molecule has 1 aromatic rings. The van der Waals surface area contributed by atoms with Crippen molar-refractivity contribution in [3.8, 4) is 0 Å². The van der Waals surface area contributed by atoms with Crippen molar-refractivity contribution >= 4 is 12.9 Å². The summed E-state index contributed by atoms with van der Waals surface area (Å²) < 4.78 is 9.36. The number of thiol groups is 1. The van der Waals surface area contributed by atoms with E-state index in [1.807, 2.05) is 6.92 Å². The van der Waals surface area contributed by atoms with Crippen LogP contribution < -0.4 is 0 Å². The summed E-state index contributed by atoms with van der Waals surface area (Å²) in [6.07, 6.45) is 2.49. The average molecular weight is 397 g/mol. The topological polar surface area (TPSA) is 18.5 Å².